The fraction of sp³-hybridized carbons (Fsp3) is 0.611. The molecule has 2 aliphatic heterocycles. The van der Waals surface area contributed by atoms with E-state index in [4.69, 9.17) is 27.9 Å². The lowest BCUT2D eigenvalue weighted by Gasteiger charge is -2.31. The fourth-order valence-corrected chi connectivity index (χ4v) is 5.42. The molecule has 0 aromatic heterocycles. The molecular weight excluding hydrogens is 411 g/mol. The van der Waals surface area contributed by atoms with E-state index >= 15 is 0 Å². The quantitative estimate of drug-likeness (QED) is 0.746. The molecule has 1 N–H and O–H groups in total. The average molecular weight is 435 g/mol. The number of amides is 1. The normalized spacial score (nSPS) is 24.1. The fourth-order valence-electron chi connectivity index (χ4n) is 3.50. The van der Waals surface area contributed by atoms with E-state index in [0.717, 1.165) is 19.4 Å². The van der Waals surface area contributed by atoms with Crippen LogP contribution in [0.5, 0.6) is 0 Å². The van der Waals surface area contributed by atoms with Gasteiger partial charge in [-0.25, -0.2) is 12.7 Å². The minimum absolute atomic E-state index is 0.0760. The number of halogens is 2. The second-order valence-electron chi connectivity index (χ2n) is 7.08. The van der Waals surface area contributed by atoms with E-state index in [1.807, 2.05) is 0 Å². The summed E-state index contributed by atoms with van der Waals surface area (Å²) in [6, 6.07) is 4.81. The summed E-state index contributed by atoms with van der Waals surface area (Å²) in [6.07, 6.45) is 3.40. The summed E-state index contributed by atoms with van der Waals surface area (Å²) in [5.74, 6) is -0.586. The molecule has 0 radical (unpaired) electrons. The summed E-state index contributed by atoms with van der Waals surface area (Å²) in [6.45, 7) is 1.87. The number of nitrogens with one attached hydrogen (secondary N) is 1. The predicted octanol–water partition coefficient (Wildman–Crippen LogP) is 2.83. The molecule has 6 nitrogen and oxygen atoms in total. The van der Waals surface area contributed by atoms with Crippen molar-refractivity contribution in [2.45, 2.75) is 37.5 Å². The van der Waals surface area contributed by atoms with Crippen LogP contribution >= 0.6 is 23.2 Å². The van der Waals surface area contributed by atoms with Crippen LogP contribution in [0.25, 0.3) is 0 Å². The first-order chi connectivity index (χ1) is 12.8. The van der Waals surface area contributed by atoms with Crippen LogP contribution in [0.4, 0.5) is 0 Å². The molecule has 1 amide bonds. The van der Waals surface area contributed by atoms with Gasteiger partial charge in [-0.15, -0.1) is 0 Å². The number of benzene rings is 1. The number of hydrogen-bond acceptors (Lipinski definition) is 4. The lowest BCUT2D eigenvalue weighted by Crippen LogP contribution is -2.46. The minimum atomic E-state index is -3.54. The zero-order valence-electron chi connectivity index (χ0n) is 15.0. The van der Waals surface area contributed by atoms with Crippen molar-refractivity contribution in [3.05, 3.63) is 33.8 Å². The summed E-state index contributed by atoms with van der Waals surface area (Å²) in [7, 11) is -3.54. The molecule has 2 saturated heterocycles. The summed E-state index contributed by atoms with van der Waals surface area (Å²) in [5.41, 5.74) is 0.578. The Labute approximate surface area is 170 Å². The van der Waals surface area contributed by atoms with Gasteiger partial charge in [0, 0.05) is 26.2 Å². The number of rotatable bonds is 6. The number of ether oxygens (including phenoxy) is 1. The van der Waals surface area contributed by atoms with E-state index in [-0.39, 0.29) is 30.2 Å². The van der Waals surface area contributed by atoms with Gasteiger partial charge in [-0.2, -0.15) is 0 Å². The topological polar surface area (TPSA) is 75.7 Å². The Hall–Kier alpha value is -0.860. The SMILES string of the molecule is O=C(NC[C@@H]1CCCO1)[C@@H]1CCCN(S(=O)(=O)Cc2ccc(Cl)c(Cl)c2)C1. The average Bonchev–Trinajstić information content (AvgIpc) is 3.16. The summed E-state index contributed by atoms with van der Waals surface area (Å²) in [4.78, 5) is 12.4. The Morgan fingerprint density at radius 3 is 2.74 bits per heavy atom. The first kappa shape index (κ1) is 20.9. The molecule has 0 spiro atoms. The van der Waals surface area contributed by atoms with Crippen LogP contribution in [0.15, 0.2) is 18.2 Å². The van der Waals surface area contributed by atoms with E-state index in [9.17, 15) is 13.2 Å². The molecule has 2 fully saturated rings. The molecule has 2 atom stereocenters. The molecule has 0 aliphatic carbocycles. The summed E-state index contributed by atoms with van der Waals surface area (Å²) < 4.78 is 32.5. The first-order valence-electron chi connectivity index (χ1n) is 9.16. The highest BCUT2D eigenvalue weighted by molar-refractivity contribution is 7.88. The Kier molecular flexibility index (Phi) is 7.03. The molecule has 150 valence electrons. The standard InChI is InChI=1S/C18H24Cl2N2O4S/c19-16-6-5-13(9-17(16)20)12-27(24,25)22-7-1-3-14(11-22)18(23)21-10-15-4-2-8-26-15/h5-6,9,14-15H,1-4,7-8,10-12H2,(H,21,23)/t14-,15+/m1/s1. The second-order valence-corrected chi connectivity index (χ2v) is 9.87. The largest absolute Gasteiger partial charge is 0.376 e. The van der Waals surface area contributed by atoms with Crippen LogP contribution in [0, 0.1) is 5.92 Å². The van der Waals surface area contributed by atoms with Crippen molar-refractivity contribution in [2.24, 2.45) is 5.92 Å². The van der Waals surface area contributed by atoms with Gasteiger partial charge in [-0.3, -0.25) is 4.79 Å². The van der Waals surface area contributed by atoms with Gasteiger partial charge in [0.25, 0.3) is 0 Å². The third-order valence-corrected chi connectivity index (χ3v) is 7.56. The van der Waals surface area contributed by atoms with Gasteiger partial charge < -0.3 is 10.1 Å². The Morgan fingerprint density at radius 2 is 2.04 bits per heavy atom. The molecular formula is C18H24Cl2N2O4S. The molecule has 0 saturated carbocycles. The molecule has 0 bridgehead atoms. The van der Waals surface area contributed by atoms with E-state index in [1.54, 1.807) is 18.2 Å². The zero-order chi connectivity index (χ0) is 19.4. The number of carbonyl (C=O) groups excluding carboxylic acids is 1. The predicted molar refractivity (Wildman–Crippen MR) is 105 cm³/mol. The lowest BCUT2D eigenvalue weighted by molar-refractivity contribution is -0.126. The van der Waals surface area contributed by atoms with Crippen molar-refractivity contribution in [3.8, 4) is 0 Å². The highest BCUT2D eigenvalue weighted by Crippen LogP contribution is 2.26. The molecule has 27 heavy (non-hydrogen) atoms. The van der Waals surface area contributed by atoms with Crippen molar-refractivity contribution in [1.82, 2.24) is 9.62 Å². The van der Waals surface area contributed by atoms with E-state index in [0.29, 0.717) is 41.5 Å². The van der Waals surface area contributed by atoms with E-state index < -0.39 is 10.0 Å². The lowest BCUT2D eigenvalue weighted by atomic mass is 9.99. The van der Waals surface area contributed by atoms with Gasteiger partial charge in [-0.1, -0.05) is 29.3 Å². The first-order valence-corrected chi connectivity index (χ1v) is 11.5. The number of sulfonamides is 1. The van der Waals surface area contributed by atoms with Gasteiger partial charge in [0.05, 0.1) is 27.8 Å². The van der Waals surface area contributed by atoms with Gasteiger partial charge in [0.2, 0.25) is 15.9 Å². The van der Waals surface area contributed by atoms with Crippen LogP contribution in [0.2, 0.25) is 10.0 Å². The minimum Gasteiger partial charge on any atom is -0.376 e. The highest BCUT2D eigenvalue weighted by atomic mass is 35.5. The molecule has 2 heterocycles. The Morgan fingerprint density at radius 1 is 1.22 bits per heavy atom. The van der Waals surface area contributed by atoms with Gasteiger partial charge in [0.1, 0.15) is 0 Å². The van der Waals surface area contributed by atoms with Crippen LogP contribution < -0.4 is 5.32 Å². The Balaban J connectivity index is 1.58. The maximum Gasteiger partial charge on any atom is 0.224 e. The van der Waals surface area contributed by atoms with Crippen molar-refractivity contribution in [1.29, 1.82) is 0 Å². The number of hydrogen-bond donors (Lipinski definition) is 1. The molecule has 1 aromatic rings. The maximum atomic E-state index is 12.8. The smallest absolute Gasteiger partial charge is 0.224 e. The second kappa shape index (κ2) is 9.09. The van der Waals surface area contributed by atoms with Crippen molar-refractivity contribution in [2.75, 3.05) is 26.2 Å². The zero-order valence-corrected chi connectivity index (χ0v) is 17.3. The monoisotopic (exact) mass is 434 g/mol. The van der Waals surface area contributed by atoms with Crippen molar-refractivity contribution < 1.29 is 17.9 Å². The summed E-state index contributed by atoms with van der Waals surface area (Å²) >= 11 is 11.9. The van der Waals surface area contributed by atoms with Gasteiger partial charge >= 0.3 is 0 Å². The number of carbonyl (C=O) groups is 1. The third-order valence-electron chi connectivity index (χ3n) is 5.01. The number of piperidine rings is 1. The summed E-state index contributed by atoms with van der Waals surface area (Å²) in [5, 5.41) is 3.63. The van der Waals surface area contributed by atoms with Crippen LogP contribution in [0.3, 0.4) is 0 Å². The van der Waals surface area contributed by atoms with Crippen molar-refractivity contribution >= 4 is 39.1 Å². The Bertz CT molecular complexity index is 782. The number of nitrogens with zero attached hydrogens (tertiary/aromatic N) is 1. The van der Waals surface area contributed by atoms with Gasteiger partial charge in [0.15, 0.2) is 0 Å². The van der Waals surface area contributed by atoms with Crippen LogP contribution in [0.1, 0.15) is 31.2 Å². The molecule has 2 aliphatic rings. The van der Waals surface area contributed by atoms with Gasteiger partial charge in [-0.05, 0) is 43.4 Å². The third kappa shape index (κ3) is 5.57. The van der Waals surface area contributed by atoms with E-state index in [2.05, 4.69) is 5.32 Å². The van der Waals surface area contributed by atoms with Crippen molar-refractivity contribution in [3.63, 3.8) is 0 Å². The van der Waals surface area contributed by atoms with E-state index in [1.165, 1.54) is 4.31 Å². The maximum absolute atomic E-state index is 12.8. The highest BCUT2D eigenvalue weighted by Gasteiger charge is 2.32. The van der Waals surface area contributed by atoms with Crippen LogP contribution in [-0.4, -0.2) is 51.0 Å². The van der Waals surface area contributed by atoms with Crippen LogP contribution in [-0.2, 0) is 25.3 Å². The molecule has 9 heteroatoms. The molecule has 3 rings (SSSR count). The molecule has 1 aromatic carbocycles. The molecule has 0 unspecified atom stereocenters.